The van der Waals surface area contributed by atoms with E-state index >= 15 is 0 Å². The molecule has 26 heavy (non-hydrogen) atoms. The summed E-state index contributed by atoms with van der Waals surface area (Å²) < 4.78 is 0. The molecular formula is C21H26N3OS+. The van der Waals surface area contributed by atoms with Crippen molar-refractivity contribution in [3.63, 3.8) is 0 Å². The summed E-state index contributed by atoms with van der Waals surface area (Å²) in [5, 5.41) is 3.08. The lowest BCUT2D eigenvalue weighted by molar-refractivity contribution is -0.709. The predicted molar refractivity (Wildman–Crippen MR) is 107 cm³/mol. The van der Waals surface area contributed by atoms with Gasteiger partial charge in [-0.1, -0.05) is 31.2 Å². The van der Waals surface area contributed by atoms with Crippen LogP contribution in [0, 0.1) is 12.8 Å². The Morgan fingerprint density at radius 1 is 1.38 bits per heavy atom. The molecule has 2 aromatic heterocycles. The molecule has 4 rings (SSSR count). The van der Waals surface area contributed by atoms with Gasteiger partial charge in [-0.15, -0.1) is 11.3 Å². The van der Waals surface area contributed by atoms with Gasteiger partial charge in [0.25, 0.3) is 5.56 Å². The van der Waals surface area contributed by atoms with Gasteiger partial charge in [-0.05, 0) is 50.2 Å². The lowest BCUT2D eigenvalue weighted by Crippen LogP contribution is -2.83. The lowest BCUT2D eigenvalue weighted by atomic mass is 9.89. The quantitative estimate of drug-likeness (QED) is 0.743. The van der Waals surface area contributed by atoms with Crippen LogP contribution < -0.4 is 10.9 Å². The van der Waals surface area contributed by atoms with Crippen molar-refractivity contribution in [3.05, 3.63) is 62.0 Å². The molecular weight excluding hydrogens is 342 g/mol. The zero-order valence-corrected chi connectivity index (χ0v) is 16.5. The molecule has 1 aliphatic carbocycles. The topological polar surface area (TPSA) is 62.4 Å². The molecule has 3 aromatic rings. The molecule has 2 heterocycles. The second-order valence-electron chi connectivity index (χ2n) is 7.64. The van der Waals surface area contributed by atoms with Crippen LogP contribution in [0.4, 0.5) is 0 Å². The maximum absolute atomic E-state index is 12.7. The lowest BCUT2D eigenvalue weighted by Gasteiger charge is -2.17. The van der Waals surface area contributed by atoms with Gasteiger partial charge in [-0.2, -0.15) is 0 Å². The number of hydrogen-bond donors (Lipinski definition) is 2. The summed E-state index contributed by atoms with van der Waals surface area (Å²) in [7, 11) is 0. The van der Waals surface area contributed by atoms with Crippen LogP contribution in [-0.4, -0.2) is 9.97 Å². The summed E-state index contributed by atoms with van der Waals surface area (Å²) in [5.41, 5.74) is 3.91. The molecule has 2 atom stereocenters. The number of thiophene rings is 1. The van der Waals surface area contributed by atoms with Gasteiger partial charge in [0.15, 0.2) is 5.82 Å². The molecule has 0 saturated heterocycles. The first-order valence-corrected chi connectivity index (χ1v) is 10.3. The highest BCUT2D eigenvalue weighted by Gasteiger charge is 2.24. The highest BCUT2D eigenvalue weighted by Crippen LogP contribution is 2.35. The molecule has 0 fully saturated rings. The van der Waals surface area contributed by atoms with Gasteiger partial charge < -0.3 is 10.3 Å². The SMILES string of the molecule is Cc1ccccc1C[NH2+][C@H](C)c1nc2sc3c(c2c(=O)[nH]1)CC[C@H](C)C3. The molecule has 0 saturated carbocycles. The Bertz CT molecular complexity index is 1000. The fourth-order valence-electron chi connectivity index (χ4n) is 3.84. The van der Waals surface area contributed by atoms with Crippen LogP contribution >= 0.6 is 11.3 Å². The summed E-state index contributed by atoms with van der Waals surface area (Å²) in [6.07, 6.45) is 3.26. The van der Waals surface area contributed by atoms with E-state index in [0.717, 1.165) is 35.4 Å². The number of hydrogen-bond acceptors (Lipinski definition) is 3. The Hall–Kier alpha value is -1.98. The van der Waals surface area contributed by atoms with Crippen LogP contribution in [0.15, 0.2) is 29.1 Å². The Morgan fingerprint density at radius 3 is 3.00 bits per heavy atom. The number of nitrogens with two attached hydrogens (primary N) is 1. The Kier molecular flexibility index (Phi) is 4.67. The van der Waals surface area contributed by atoms with Crippen molar-refractivity contribution in [1.29, 1.82) is 0 Å². The van der Waals surface area contributed by atoms with E-state index in [1.54, 1.807) is 11.3 Å². The highest BCUT2D eigenvalue weighted by atomic mass is 32.1. The maximum atomic E-state index is 12.7. The van der Waals surface area contributed by atoms with Crippen molar-refractivity contribution in [2.45, 2.75) is 52.6 Å². The predicted octanol–water partition coefficient (Wildman–Crippen LogP) is 3.24. The second-order valence-corrected chi connectivity index (χ2v) is 8.72. The van der Waals surface area contributed by atoms with Crippen LogP contribution in [0.2, 0.25) is 0 Å². The largest absolute Gasteiger partial charge is 0.334 e. The number of aryl methyl sites for hydroxylation is 2. The van der Waals surface area contributed by atoms with Gasteiger partial charge in [0, 0.05) is 10.4 Å². The van der Waals surface area contributed by atoms with Crippen molar-refractivity contribution in [2.24, 2.45) is 5.92 Å². The zero-order valence-electron chi connectivity index (χ0n) is 15.6. The van der Waals surface area contributed by atoms with E-state index in [-0.39, 0.29) is 11.6 Å². The number of benzene rings is 1. The Morgan fingerprint density at radius 2 is 2.19 bits per heavy atom. The fourth-order valence-corrected chi connectivity index (χ4v) is 5.23. The number of nitrogens with one attached hydrogen (secondary N) is 1. The number of aromatic amines is 1. The van der Waals surface area contributed by atoms with Crippen LogP contribution in [0.3, 0.4) is 0 Å². The zero-order chi connectivity index (χ0) is 18.3. The first kappa shape index (κ1) is 17.4. The van der Waals surface area contributed by atoms with Gasteiger partial charge in [0.2, 0.25) is 0 Å². The van der Waals surface area contributed by atoms with Gasteiger partial charge in [0.05, 0.1) is 5.39 Å². The number of nitrogens with zero attached hydrogens (tertiary/aromatic N) is 1. The second kappa shape index (κ2) is 6.97. The van der Waals surface area contributed by atoms with Crippen LogP contribution in [0.1, 0.15) is 53.7 Å². The number of aromatic nitrogens is 2. The van der Waals surface area contributed by atoms with Crippen LogP contribution in [0.5, 0.6) is 0 Å². The molecule has 1 aromatic carbocycles. The Labute approximate surface area is 157 Å². The van der Waals surface area contributed by atoms with E-state index in [1.807, 2.05) is 0 Å². The average molecular weight is 369 g/mol. The van der Waals surface area contributed by atoms with Gasteiger partial charge in [-0.3, -0.25) is 4.79 Å². The van der Waals surface area contributed by atoms with Crippen molar-refractivity contribution >= 4 is 21.6 Å². The van der Waals surface area contributed by atoms with Crippen molar-refractivity contribution in [2.75, 3.05) is 0 Å². The molecule has 0 spiro atoms. The molecule has 0 radical (unpaired) electrons. The van der Waals surface area contributed by atoms with Gasteiger partial charge in [0.1, 0.15) is 17.4 Å². The molecule has 5 heteroatoms. The molecule has 0 aliphatic heterocycles. The molecule has 0 amide bonds. The van der Waals surface area contributed by atoms with Crippen molar-refractivity contribution in [1.82, 2.24) is 9.97 Å². The van der Waals surface area contributed by atoms with Crippen molar-refractivity contribution in [3.8, 4) is 0 Å². The maximum Gasteiger partial charge on any atom is 0.260 e. The molecule has 1 aliphatic rings. The number of quaternary nitrogens is 1. The van der Waals surface area contributed by atoms with E-state index < -0.39 is 0 Å². The van der Waals surface area contributed by atoms with Crippen LogP contribution in [0.25, 0.3) is 10.2 Å². The number of H-pyrrole nitrogens is 1. The summed E-state index contributed by atoms with van der Waals surface area (Å²) >= 11 is 1.72. The summed E-state index contributed by atoms with van der Waals surface area (Å²) in [6.45, 7) is 7.42. The summed E-state index contributed by atoms with van der Waals surface area (Å²) in [6, 6.07) is 8.55. The normalized spacial score (nSPS) is 18.0. The molecule has 0 unspecified atom stereocenters. The van der Waals surface area contributed by atoms with E-state index in [0.29, 0.717) is 5.92 Å². The van der Waals surface area contributed by atoms with E-state index in [4.69, 9.17) is 4.98 Å². The third kappa shape index (κ3) is 3.21. The van der Waals surface area contributed by atoms with Crippen molar-refractivity contribution < 1.29 is 5.32 Å². The summed E-state index contributed by atoms with van der Waals surface area (Å²) in [5.74, 6) is 1.48. The number of fused-ring (bicyclic) bond motifs is 3. The average Bonchev–Trinajstić information content (AvgIpc) is 2.98. The molecule has 136 valence electrons. The van der Waals surface area contributed by atoms with Gasteiger partial charge in [-0.25, -0.2) is 4.98 Å². The third-order valence-corrected chi connectivity index (χ3v) is 6.72. The Balaban J connectivity index is 1.61. The first-order valence-electron chi connectivity index (χ1n) is 9.45. The minimum atomic E-state index is 0.0354. The minimum absolute atomic E-state index is 0.0354. The smallest absolute Gasteiger partial charge is 0.260 e. The molecule has 3 N–H and O–H groups in total. The highest BCUT2D eigenvalue weighted by molar-refractivity contribution is 7.18. The monoisotopic (exact) mass is 368 g/mol. The third-order valence-electron chi connectivity index (χ3n) is 5.57. The fraction of sp³-hybridized carbons (Fsp3) is 0.429. The van der Waals surface area contributed by atoms with E-state index in [1.165, 1.54) is 28.0 Å². The van der Waals surface area contributed by atoms with E-state index in [2.05, 4.69) is 55.3 Å². The minimum Gasteiger partial charge on any atom is -0.334 e. The van der Waals surface area contributed by atoms with Gasteiger partial charge >= 0.3 is 0 Å². The molecule has 0 bridgehead atoms. The molecule has 4 nitrogen and oxygen atoms in total. The standard InChI is InChI=1S/C21H25N3OS/c1-12-8-9-16-17(10-12)26-21-18(16)20(25)23-19(24-21)14(3)22-11-15-7-5-4-6-13(15)2/h4-7,12,14,22H,8-11H2,1-3H3,(H,23,24,25)/p+1/t12-,14+/m0/s1. The first-order chi connectivity index (χ1) is 12.5. The van der Waals surface area contributed by atoms with Crippen LogP contribution in [-0.2, 0) is 19.4 Å². The number of rotatable bonds is 4. The summed E-state index contributed by atoms with van der Waals surface area (Å²) in [4.78, 5) is 22.9. The van der Waals surface area contributed by atoms with E-state index in [9.17, 15) is 4.79 Å².